The number of anilines is 2. The number of aromatic carboxylic acids is 1. The molecule has 1 aliphatic rings. The minimum Gasteiger partial charge on any atom is -0.478 e. The van der Waals surface area contributed by atoms with E-state index in [-0.39, 0.29) is 23.6 Å². The van der Waals surface area contributed by atoms with Crippen molar-refractivity contribution in [3.8, 4) is 11.3 Å². The van der Waals surface area contributed by atoms with Gasteiger partial charge in [0.1, 0.15) is 0 Å². The maximum Gasteiger partial charge on any atom is 0.335 e. The van der Waals surface area contributed by atoms with E-state index < -0.39 is 5.97 Å². The minimum absolute atomic E-state index is 0.00647. The SMILES string of the molecule is CCCC(=O)N1c2ccc(C(=O)O)cc2[C@H](Nc2ccc(-c3csc(C)n3)cc2)C[C@@H]1C. The van der Waals surface area contributed by atoms with Crippen molar-refractivity contribution in [3.63, 3.8) is 0 Å². The topological polar surface area (TPSA) is 82.5 Å². The molecule has 0 unspecified atom stereocenters. The Labute approximate surface area is 191 Å². The summed E-state index contributed by atoms with van der Waals surface area (Å²) in [5.41, 5.74) is 4.82. The van der Waals surface area contributed by atoms with Crippen LogP contribution in [0.15, 0.2) is 47.8 Å². The molecule has 166 valence electrons. The highest BCUT2D eigenvalue weighted by atomic mass is 32.1. The monoisotopic (exact) mass is 449 g/mol. The summed E-state index contributed by atoms with van der Waals surface area (Å²) in [5.74, 6) is -0.898. The van der Waals surface area contributed by atoms with Crippen LogP contribution in [0.3, 0.4) is 0 Å². The van der Waals surface area contributed by atoms with E-state index >= 15 is 0 Å². The largest absolute Gasteiger partial charge is 0.478 e. The van der Waals surface area contributed by atoms with Gasteiger partial charge in [-0.25, -0.2) is 9.78 Å². The van der Waals surface area contributed by atoms with Gasteiger partial charge in [0, 0.05) is 34.8 Å². The fourth-order valence-corrected chi connectivity index (χ4v) is 4.90. The highest BCUT2D eigenvalue weighted by Crippen LogP contribution is 2.40. The van der Waals surface area contributed by atoms with Gasteiger partial charge in [0.15, 0.2) is 0 Å². The summed E-state index contributed by atoms with van der Waals surface area (Å²) in [4.78, 5) is 30.8. The summed E-state index contributed by atoms with van der Waals surface area (Å²) in [6.07, 6.45) is 1.94. The number of thiazole rings is 1. The summed E-state index contributed by atoms with van der Waals surface area (Å²) in [7, 11) is 0. The summed E-state index contributed by atoms with van der Waals surface area (Å²) < 4.78 is 0. The number of carboxylic acids is 1. The molecule has 2 aromatic carbocycles. The van der Waals surface area contributed by atoms with Crippen molar-refractivity contribution in [3.05, 3.63) is 64.0 Å². The van der Waals surface area contributed by atoms with Crippen LogP contribution in [0.5, 0.6) is 0 Å². The molecule has 7 heteroatoms. The van der Waals surface area contributed by atoms with Crippen LogP contribution in [0.2, 0.25) is 0 Å². The van der Waals surface area contributed by atoms with Gasteiger partial charge < -0.3 is 15.3 Å². The fourth-order valence-electron chi connectivity index (χ4n) is 4.28. The van der Waals surface area contributed by atoms with Gasteiger partial charge in [-0.05, 0) is 62.6 Å². The summed E-state index contributed by atoms with van der Waals surface area (Å²) in [6, 6.07) is 13.1. The number of carbonyl (C=O) groups is 2. The average Bonchev–Trinajstić information content (AvgIpc) is 3.20. The van der Waals surface area contributed by atoms with E-state index in [4.69, 9.17) is 0 Å². The van der Waals surface area contributed by atoms with E-state index in [0.29, 0.717) is 12.8 Å². The zero-order valence-corrected chi connectivity index (χ0v) is 19.3. The minimum atomic E-state index is -0.973. The quantitative estimate of drug-likeness (QED) is 0.490. The Morgan fingerprint density at radius 3 is 2.59 bits per heavy atom. The third kappa shape index (κ3) is 4.39. The van der Waals surface area contributed by atoms with E-state index in [0.717, 1.165) is 39.6 Å². The molecule has 2 atom stereocenters. The lowest BCUT2D eigenvalue weighted by Crippen LogP contribution is -2.44. The second-order valence-corrected chi connectivity index (χ2v) is 9.27. The van der Waals surface area contributed by atoms with Gasteiger partial charge in [-0.1, -0.05) is 19.1 Å². The van der Waals surface area contributed by atoms with Gasteiger partial charge >= 0.3 is 5.97 Å². The van der Waals surface area contributed by atoms with Crippen LogP contribution >= 0.6 is 11.3 Å². The number of nitrogens with zero attached hydrogens (tertiary/aromatic N) is 2. The molecule has 32 heavy (non-hydrogen) atoms. The van der Waals surface area contributed by atoms with Crippen molar-refractivity contribution < 1.29 is 14.7 Å². The van der Waals surface area contributed by atoms with Gasteiger partial charge in [0.25, 0.3) is 0 Å². The van der Waals surface area contributed by atoms with Crippen molar-refractivity contribution in [2.24, 2.45) is 0 Å². The molecular formula is C25H27N3O3S. The van der Waals surface area contributed by atoms with Crippen molar-refractivity contribution in [1.82, 2.24) is 4.98 Å². The van der Waals surface area contributed by atoms with E-state index in [2.05, 4.69) is 10.3 Å². The Morgan fingerprint density at radius 1 is 1.22 bits per heavy atom. The fraction of sp³-hybridized carbons (Fsp3) is 0.320. The Morgan fingerprint density at radius 2 is 1.97 bits per heavy atom. The first-order chi connectivity index (χ1) is 15.4. The molecule has 2 heterocycles. The number of aryl methyl sites for hydroxylation is 1. The lowest BCUT2D eigenvalue weighted by Gasteiger charge is -2.40. The van der Waals surface area contributed by atoms with Crippen molar-refractivity contribution in [2.75, 3.05) is 10.2 Å². The number of carbonyl (C=O) groups excluding carboxylic acids is 1. The second-order valence-electron chi connectivity index (χ2n) is 8.20. The third-order valence-corrected chi connectivity index (χ3v) is 6.57. The zero-order valence-electron chi connectivity index (χ0n) is 18.5. The van der Waals surface area contributed by atoms with Crippen LogP contribution in [-0.4, -0.2) is 28.0 Å². The molecule has 3 aromatic rings. The lowest BCUT2D eigenvalue weighted by molar-refractivity contribution is -0.119. The van der Waals surface area contributed by atoms with Gasteiger partial charge in [-0.3, -0.25) is 4.79 Å². The average molecular weight is 450 g/mol. The van der Waals surface area contributed by atoms with E-state index in [9.17, 15) is 14.7 Å². The second kappa shape index (κ2) is 9.12. The molecule has 4 rings (SSSR count). The number of aromatic nitrogens is 1. The number of carboxylic acid groups (broad SMARTS) is 1. The summed E-state index contributed by atoms with van der Waals surface area (Å²) in [6.45, 7) is 6.03. The maximum absolute atomic E-state index is 12.8. The molecule has 0 saturated heterocycles. The molecule has 0 bridgehead atoms. The molecule has 1 amide bonds. The Hall–Kier alpha value is -3.19. The molecule has 1 aromatic heterocycles. The van der Waals surface area contributed by atoms with Crippen molar-refractivity contribution in [2.45, 2.75) is 52.1 Å². The smallest absolute Gasteiger partial charge is 0.335 e. The van der Waals surface area contributed by atoms with Crippen molar-refractivity contribution >= 4 is 34.6 Å². The Kier molecular flexibility index (Phi) is 6.28. The third-order valence-electron chi connectivity index (χ3n) is 5.80. The normalized spacial score (nSPS) is 17.7. The zero-order chi connectivity index (χ0) is 22.8. The van der Waals surface area contributed by atoms with Crippen LogP contribution in [0.25, 0.3) is 11.3 Å². The van der Waals surface area contributed by atoms with Gasteiger partial charge in [0.05, 0.1) is 22.3 Å². The first kappa shape index (κ1) is 22.0. The molecule has 0 spiro atoms. The highest BCUT2D eigenvalue weighted by molar-refractivity contribution is 7.09. The first-order valence-electron chi connectivity index (χ1n) is 10.9. The van der Waals surface area contributed by atoms with E-state index in [1.807, 2.05) is 55.3 Å². The molecule has 0 fully saturated rings. The van der Waals surface area contributed by atoms with Gasteiger partial charge in [-0.15, -0.1) is 11.3 Å². The number of hydrogen-bond acceptors (Lipinski definition) is 5. The van der Waals surface area contributed by atoms with Gasteiger partial charge in [0.2, 0.25) is 5.91 Å². The van der Waals surface area contributed by atoms with Crippen molar-refractivity contribution in [1.29, 1.82) is 0 Å². The van der Waals surface area contributed by atoms with Crippen LogP contribution in [0, 0.1) is 6.92 Å². The standard InChI is InChI=1S/C25H27N3O3S/c1-4-5-24(29)28-15(2)12-21(20-13-18(25(30)31)8-11-23(20)28)27-19-9-6-17(7-10-19)22-14-32-16(3)26-22/h6-11,13-15,21,27H,4-5,12H2,1-3H3,(H,30,31)/t15-,21+/m0/s1. The Balaban J connectivity index is 1.65. The molecule has 6 nitrogen and oxygen atoms in total. The highest BCUT2D eigenvalue weighted by Gasteiger charge is 2.34. The van der Waals surface area contributed by atoms with Crippen LogP contribution < -0.4 is 10.2 Å². The van der Waals surface area contributed by atoms with Crippen LogP contribution in [0.1, 0.15) is 60.1 Å². The van der Waals surface area contributed by atoms with E-state index in [1.165, 1.54) is 0 Å². The summed E-state index contributed by atoms with van der Waals surface area (Å²) in [5, 5.41) is 16.1. The predicted octanol–water partition coefficient (Wildman–Crippen LogP) is 5.90. The summed E-state index contributed by atoms with van der Waals surface area (Å²) >= 11 is 1.63. The lowest BCUT2D eigenvalue weighted by atomic mass is 9.89. The number of fused-ring (bicyclic) bond motifs is 1. The Bertz CT molecular complexity index is 1140. The number of amides is 1. The molecule has 2 N–H and O–H groups in total. The predicted molar refractivity (Wildman–Crippen MR) is 129 cm³/mol. The molecule has 0 saturated carbocycles. The first-order valence-corrected chi connectivity index (χ1v) is 11.7. The van der Waals surface area contributed by atoms with E-state index in [1.54, 1.807) is 29.5 Å². The number of hydrogen-bond donors (Lipinski definition) is 2. The number of rotatable bonds is 6. The number of nitrogens with one attached hydrogen (secondary N) is 1. The molecule has 1 aliphatic heterocycles. The maximum atomic E-state index is 12.8. The van der Waals surface area contributed by atoms with Crippen LogP contribution in [-0.2, 0) is 4.79 Å². The van der Waals surface area contributed by atoms with Crippen LogP contribution in [0.4, 0.5) is 11.4 Å². The molecule has 0 aliphatic carbocycles. The molecule has 0 radical (unpaired) electrons. The van der Waals surface area contributed by atoms with Gasteiger partial charge in [-0.2, -0.15) is 0 Å². The number of benzene rings is 2. The molecular weight excluding hydrogens is 422 g/mol.